The molecule has 0 saturated carbocycles. The Balaban J connectivity index is 2.51. The fourth-order valence-electron chi connectivity index (χ4n) is 1.96. The number of hydrogen-bond acceptors (Lipinski definition) is 3. The predicted molar refractivity (Wildman–Crippen MR) is 86.4 cm³/mol. The van der Waals surface area contributed by atoms with Crippen molar-refractivity contribution in [3.8, 4) is 0 Å². The summed E-state index contributed by atoms with van der Waals surface area (Å²) in [4.78, 5) is 17.2. The van der Waals surface area contributed by atoms with Crippen molar-refractivity contribution in [1.29, 1.82) is 0 Å². The van der Waals surface area contributed by atoms with Gasteiger partial charge >= 0.3 is 0 Å². The molecule has 2 aromatic rings. The number of nitrogens with zero attached hydrogens (tertiary/aromatic N) is 2. The Labute approximate surface area is 123 Å². The lowest BCUT2D eigenvalue weighted by molar-refractivity contribution is 0.558. The number of fused-ring (bicyclic) bond motifs is 1. The van der Waals surface area contributed by atoms with Gasteiger partial charge in [0, 0.05) is 12.3 Å². The summed E-state index contributed by atoms with van der Waals surface area (Å²) < 4.78 is 1.80. The minimum atomic E-state index is 0.0632. The van der Waals surface area contributed by atoms with Gasteiger partial charge in [0.1, 0.15) is 0 Å². The Hall–Kier alpha value is -1.55. The Morgan fingerprint density at radius 2 is 2.15 bits per heavy atom. The van der Waals surface area contributed by atoms with E-state index in [4.69, 9.17) is 0 Å². The lowest BCUT2D eigenvalue weighted by atomic mass is 10.2. The molecule has 0 radical (unpaired) electrons. The molecule has 0 bridgehead atoms. The van der Waals surface area contributed by atoms with Crippen LogP contribution in [0.3, 0.4) is 0 Å². The van der Waals surface area contributed by atoms with Crippen molar-refractivity contribution >= 4 is 22.7 Å². The lowest BCUT2D eigenvalue weighted by Crippen LogP contribution is -2.23. The van der Waals surface area contributed by atoms with Crippen LogP contribution in [0.5, 0.6) is 0 Å². The number of para-hydroxylation sites is 1. The molecule has 2 rings (SSSR count). The maximum absolute atomic E-state index is 12.6. The minimum absolute atomic E-state index is 0.0632. The molecule has 20 heavy (non-hydrogen) atoms. The zero-order valence-electron chi connectivity index (χ0n) is 12.1. The van der Waals surface area contributed by atoms with Crippen molar-refractivity contribution in [3.63, 3.8) is 0 Å². The molecule has 0 N–H and O–H groups in total. The van der Waals surface area contributed by atoms with Crippen LogP contribution >= 0.6 is 11.8 Å². The molecule has 0 amide bonds. The van der Waals surface area contributed by atoms with Crippen LogP contribution in [-0.2, 0) is 6.54 Å². The van der Waals surface area contributed by atoms with Gasteiger partial charge in [0.15, 0.2) is 5.16 Å². The normalized spacial score (nSPS) is 10.9. The molecule has 106 valence electrons. The SMILES string of the molecule is C=C(C)CSc1nc2ccccc2c(=O)n1CCCC. The minimum Gasteiger partial charge on any atom is -0.287 e. The standard InChI is InChI=1S/C16H20N2OS/c1-4-5-10-18-15(19)13-8-6-7-9-14(13)17-16(18)20-11-12(2)3/h6-9H,2,4-5,10-11H2,1,3H3. The van der Waals surface area contributed by atoms with E-state index in [9.17, 15) is 4.79 Å². The third-order valence-corrected chi connectivity index (χ3v) is 4.22. The smallest absolute Gasteiger partial charge is 0.262 e. The number of aromatic nitrogens is 2. The Morgan fingerprint density at radius 3 is 2.85 bits per heavy atom. The molecule has 0 spiro atoms. The summed E-state index contributed by atoms with van der Waals surface area (Å²) >= 11 is 1.59. The van der Waals surface area contributed by atoms with E-state index in [-0.39, 0.29) is 5.56 Å². The maximum Gasteiger partial charge on any atom is 0.262 e. The first kappa shape index (κ1) is 14.9. The van der Waals surface area contributed by atoms with Crippen LogP contribution in [0, 0.1) is 0 Å². The molecule has 0 aliphatic rings. The maximum atomic E-state index is 12.6. The number of unbranched alkanes of at least 4 members (excludes halogenated alkanes) is 1. The predicted octanol–water partition coefficient (Wildman–Crippen LogP) is 3.86. The van der Waals surface area contributed by atoms with Crippen molar-refractivity contribution in [2.45, 2.75) is 38.4 Å². The quantitative estimate of drug-likeness (QED) is 0.460. The van der Waals surface area contributed by atoms with Gasteiger partial charge in [-0.2, -0.15) is 0 Å². The van der Waals surface area contributed by atoms with Crippen LogP contribution in [0.15, 0.2) is 46.4 Å². The molecule has 0 fully saturated rings. The van der Waals surface area contributed by atoms with E-state index in [0.29, 0.717) is 5.39 Å². The first-order chi connectivity index (χ1) is 9.63. The fourth-order valence-corrected chi connectivity index (χ4v) is 2.83. The molecule has 0 saturated heterocycles. The van der Waals surface area contributed by atoms with E-state index < -0.39 is 0 Å². The monoisotopic (exact) mass is 288 g/mol. The molecular weight excluding hydrogens is 268 g/mol. The molecule has 0 aliphatic heterocycles. The summed E-state index contributed by atoms with van der Waals surface area (Å²) in [6, 6.07) is 7.54. The van der Waals surface area contributed by atoms with Crippen LogP contribution in [0.25, 0.3) is 10.9 Å². The molecule has 0 atom stereocenters. The van der Waals surface area contributed by atoms with E-state index in [1.54, 1.807) is 16.3 Å². The number of rotatable bonds is 6. The fraction of sp³-hybridized carbons (Fsp3) is 0.375. The largest absolute Gasteiger partial charge is 0.287 e. The molecule has 1 aromatic heterocycles. The van der Waals surface area contributed by atoms with Gasteiger partial charge < -0.3 is 0 Å². The van der Waals surface area contributed by atoms with Crippen molar-refractivity contribution in [1.82, 2.24) is 9.55 Å². The summed E-state index contributed by atoms with van der Waals surface area (Å²) in [5.41, 5.74) is 1.92. The van der Waals surface area contributed by atoms with Gasteiger partial charge in [-0.05, 0) is 25.5 Å². The summed E-state index contributed by atoms with van der Waals surface area (Å²) in [7, 11) is 0. The van der Waals surface area contributed by atoms with Gasteiger partial charge in [0.05, 0.1) is 10.9 Å². The second-order valence-electron chi connectivity index (χ2n) is 4.97. The first-order valence-electron chi connectivity index (χ1n) is 6.90. The van der Waals surface area contributed by atoms with Crippen molar-refractivity contribution in [2.75, 3.05) is 5.75 Å². The van der Waals surface area contributed by atoms with Gasteiger partial charge in [-0.3, -0.25) is 9.36 Å². The van der Waals surface area contributed by atoms with Gasteiger partial charge in [0.25, 0.3) is 5.56 Å². The van der Waals surface area contributed by atoms with Crippen molar-refractivity contribution in [2.24, 2.45) is 0 Å². The molecule has 4 heteroatoms. The summed E-state index contributed by atoms with van der Waals surface area (Å²) in [5, 5.41) is 1.49. The highest BCUT2D eigenvalue weighted by Gasteiger charge is 2.10. The highest BCUT2D eigenvalue weighted by atomic mass is 32.2. The van der Waals surface area contributed by atoms with E-state index in [1.807, 2.05) is 31.2 Å². The van der Waals surface area contributed by atoms with E-state index in [2.05, 4.69) is 18.5 Å². The highest BCUT2D eigenvalue weighted by molar-refractivity contribution is 7.99. The van der Waals surface area contributed by atoms with E-state index >= 15 is 0 Å². The molecule has 1 aromatic carbocycles. The topological polar surface area (TPSA) is 34.9 Å². The molecule has 1 heterocycles. The third-order valence-electron chi connectivity index (χ3n) is 3.01. The molecule has 0 aliphatic carbocycles. The van der Waals surface area contributed by atoms with Crippen LogP contribution in [0.2, 0.25) is 0 Å². The van der Waals surface area contributed by atoms with Gasteiger partial charge in [-0.15, -0.1) is 0 Å². The van der Waals surface area contributed by atoms with Gasteiger partial charge in [0.2, 0.25) is 0 Å². The number of thioether (sulfide) groups is 1. The lowest BCUT2D eigenvalue weighted by Gasteiger charge is -2.12. The average Bonchev–Trinajstić information content (AvgIpc) is 2.44. The van der Waals surface area contributed by atoms with Crippen LogP contribution < -0.4 is 5.56 Å². The van der Waals surface area contributed by atoms with E-state index in [1.165, 1.54) is 0 Å². The van der Waals surface area contributed by atoms with Gasteiger partial charge in [-0.25, -0.2) is 4.98 Å². The van der Waals surface area contributed by atoms with Gasteiger partial charge in [-0.1, -0.05) is 49.4 Å². The molecule has 0 unspecified atom stereocenters. The van der Waals surface area contributed by atoms with Crippen molar-refractivity contribution in [3.05, 3.63) is 46.8 Å². The number of hydrogen-bond donors (Lipinski definition) is 0. The molecular formula is C16H20N2OS. The molecule has 3 nitrogen and oxygen atoms in total. The summed E-state index contributed by atoms with van der Waals surface area (Å²) in [5.74, 6) is 0.789. The van der Waals surface area contributed by atoms with Crippen molar-refractivity contribution < 1.29 is 0 Å². The van der Waals surface area contributed by atoms with Crippen LogP contribution in [-0.4, -0.2) is 15.3 Å². The zero-order chi connectivity index (χ0) is 14.5. The Kier molecular flexibility index (Phi) is 5.01. The highest BCUT2D eigenvalue weighted by Crippen LogP contribution is 2.20. The first-order valence-corrected chi connectivity index (χ1v) is 7.88. The summed E-state index contributed by atoms with van der Waals surface area (Å²) in [6.45, 7) is 8.75. The van der Waals surface area contributed by atoms with Crippen LogP contribution in [0.1, 0.15) is 26.7 Å². The Morgan fingerprint density at radius 1 is 1.40 bits per heavy atom. The Bertz CT molecular complexity index is 676. The zero-order valence-corrected chi connectivity index (χ0v) is 12.9. The van der Waals surface area contributed by atoms with Crippen LogP contribution in [0.4, 0.5) is 0 Å². The average molecular weight is 288 g/mol. The second kappa shape index (κ2) is 6.75. The third kappa shape index (κ3) is 3.31. The number of benzene rings is 1. The summed E-state index contributed by atoms with van der Waals surface area (Å²) in [6.07, 6.45) is 2.05. The van der Waals surface area contributed by atoms with E-state index in [0.717, 1.165) is 41.4 Å². The second-order valence-corrected chi connectivity index (χ2v) is 5.91.